The van der Waals surface area contributed by atoms with Crippen LogP contribution >= 0.6 is 0 Å². The number of hydrogen-bond donors (Lipinski definition) is 2. The van der Waals surface area contributed by atoms with Gasteiger partial charge in [-0.2, -0.15) is 0 Å². The first-order valence-electron chi connectivity index (χ1n) is 5.15. The quantitative estimate of drug-likeness (QED) is 0.754. The predicted molar refractivity (Wildman–Crippen MR) is 57.2 cm³/mol. The molecule has 0 bridgehead atoms. The van der Waals surface area contributed by atoms with Crippen molar-refractivity contribution in [1.82, 2.24) is 0 Å². The third kappa shape index (κ3) is 1.62. The van der Waals surface area contributed by atoms with E-state index in [0.717, 1.165) is 11.1 Å². The highest BCUT2D eigenvalue weighted by Gasteiger charge is 2.31. The van der Waals surface area contributed by atoms with E-state index >= 15 is 0 Å². The zero-order valence-corrected chi connectivity index (χ0v) is 8.75. The van der Waals surface area contributed by atoms with Crippen LogP contribution in [0.1, 0.15) is 35.6 Å². The molecule has 0 heterocycles. The van der Waals surface area contributed by atoms with Crippen LogP contribution in [0.4, 0.5) is 0 Å². The van der Waals surface area contributed by atoms with E-state index in [1.165, 1.54) is 18.4 Å². The molecule has 1 aliphatic rings. The smallest absolute Gasteiger partial charge is 0.116 e. The van der Waals surface area contributed by atoms with Crippen LogP contribution in [0.5, 0.6) is 5.75 Å². The maximum absolute atomic E-state index is 9.41. The maximum Gasteiger partial charge on any atom is 0.116 e. The molecule has 2 nitrogen and oxygen atoms in total. The monoisotopic (exact) mass is 191 g/mol. The molecule has 0 spiro atoms. The van der Waals surface area contributed by atoms with Gasteiger partial charge in [0.15, 0.2) is 0 Å². The minimum Gasteiger partial charge on any atom is -0.508 e. The van der Waals surface area contributed by atoms with E-state index in [2.05, 4.69) is 0 Å². The lowest BCUT2D eigenvalue weighted by molar-refractivity contribution is 0.473. The normalized spacial score (nSPS) is 18.2. The fraction of sp³-hybridized carbons (Fsp3) is 0.500. The predicted octanol–water partition coefficient (Wildman–Crippen LogP) is 2.42. The van der Waals surface area contributed by atoms with E-state index in [1.54, 1.807) is 12.1 Å². The Balaban J connectivity index is 2.40. The molecule has 2 heteroatoms. The van der Waals surface area contributed by atoms with Crippen LogP contribution in [0.25, 0.3) is 0 Å². The van der Waals surface area contributed by atoms with Crippen LogP contribution in [-0.4, -0.2) is 5.11 Å². The highest BCUT2D eigenvalue weighted by Crippen LogP contribution is 2.41. The van der Waals surface area contributed by atoms with E-state index in [9.17, 15) is 5.11 Å². The Kier molecular flexibility index (Phi) is 2.23. The average Bonchev–Trinajstić information content (AvgIpc) is 2.83. The molecule has 0 unspecified atom stereocenters. The van der Waals surface area contributed by atoms with Crippen molar-refractivity contribution in [3.63, 3.8) is 0 Å². The van der Waals surface area contributed by atoms with Crippen molar-refractivity contribution in [3.8, 4) is 5.75 Å². The summed E-state index contributed by atoms with van der Waals surface area (Å²) in [7, 11) is 0. The van der Waals surface area contributed by atoms with Crippen LogP contribution in [0.15, 0.2) is 12.1 Å². The second kappa shape index (κ2) is 3.28. The summed E-state index contributed by atoms with van der Waals surface area (Å²) >= 11 is 0. The van der Waals surface area contributed by atoms with Crippen LogP contribution in [-0.2, 0) is 0 Å². The zero-order chi connectivity index (χ0) is 10.3. The molecule has 0 amide bonds. The van der Waals surface area contributed by atoms with Gasteiger partial charge in [0, 0.05) is 6.04 Å². The average molecular weight is 191 g/mol. The van der Waals surface area contributed by atoms with Gasteiger partial charge in [-0.05, 0) is 61.4 Å². The van der Waals surface area contributed by atoms with Gasteiger partial charge in [-0.25, -0.2) is 0 Å². The molecule has 1 aromatic rings. The summed E-state index contributed by atoms with van der Waals surface area (Å²) in [5, 5.41) is 9.41. The van der Waals surface area contributed by atoms with Crippen LogP contribution in [0.2, 0.25) is 0 Å². The third-order valence-electron chi connectivity index (χ3n) is 3.04. The van der Waals surface area contributed by atoms with Crippen LogP contribution in [0, 0.1) is 19.8 Å². The molecule has 1 aliphatic carbocycles. The summed E-state index contributed by atoms with van der Waals surface area (Å²) in [6.07, 6.45) is 2.50. The molecular formula is C12H17NO. The number of aryl methyl sites for hydroxylation is 2. The molecule has 1 saturated carbocycles. The van der Waals surface area contributed by atoms with Crippen molar-refractivity contribution in [2.75, 3.05) is 0 Å². The van der Waals surface area contributed by atoms with E-state index in [4.69, 9.17) is 5.73 Å². The molecule has 76 valence electrons. The minimum atomic E-state index is 0.163. The molecule has 0 aromatic heterocycles. The number of benzene rings is 1. The van der Waals surface area contributed by atoms with Gasteiger partial charge >= 0.3 is 0 Å². The van der Waals surface area contributed by atoms with Crippen molar-refractivity contribution < 1.29 is 5.11 Å². The van der Waals surface area contributed by atoms with Gasteiger partial charge in [0.25, 0.3) is 0 Å². The third-order valence-corrected chi connectivity index (χ3v) is 3.04. The summed E-state index contributed by atoms with van der Waals surface area (Å²) in [6.45, 7) is 4.04. The van der Waals surface area contributed by atoms with Gasteiger partial charge in [-0.1, -0.05) is 0 Å². The molecule has 14 heavy (non-hydrogen) atoms. The fourth-order valence-corrected chi connectivity index (χ4v) is 2.17. The molecular weight excluding hydrogens is 174 g/mol. The van der Waals surface area contributed by atoms with Gasteiger partial charge < -0.3 is 10.8 Å². The van der Waals surface area contributed by atoms with Crippen LogP contribution < -0.4 is 5.73 Å². The Morgan fingerprint density at radius 2 is 1.79 bits per heavy atom. The van der Waals surface area contributed by atoms with Gasteiger partial charge in [0.05, 0.1) is 0 Å². The Hall–Kier alpha value is -1.02. The molecule has 2 rings (SSSR count). The standard InChI is InChI=1S/C12H17NO/c1-7-5-10(14)6-8(2)11(7)12(13)9-3-4-9/h5-6,9,12,14H,3-4,13H2,1-2H3/t12-/m1/s1. The maximum atomic E-state index is 9.41. The highest BCUT2D eigenvalue weighted by molar-refractivity contribution is 5.42. The summed E-state index contributed by atoms with van der Waals surface area (Å²) in [4.78, 5) is 0. The molecule has 1 atom stereocenters. The topological polar surface area (TPSA) is 46.2 Å². The Bertz CT molecular complexity index is 332. The van der Waals surface area contributed by atoms with E-state index < -0.39 is 0 Å². The Labute approximate surface area is 84.7 Å². The number of nitrogens with two attached hydrogens (primary N) is 1. The number of aromatic hydroxyl groups is 1. The molecule has 1 fully saturated rings. The summed E-state index contributed by atoms with van der Waals surface area (Å²) in [5.74, 6) is 1.00. The SMILES string of the molecule is Cc1cc(O)cc(C)c1[C@H](N)C1CC1. The second-order valence-electron chi connectivity index (χ2n) is 4.36. The first-order chi connectivity index (χ1) is 6.59. The van der Waals surface area contributed by atoms with Crippen molar-refractivity contribution in [2.45, 2.75) is 32.7 Å². The Morgan fingerprint density at radius 3 is 2.21 bits per heavy atom. The van der Waals surface area contributed by atoms with Crippen molar-refractivity contribution in [2.24, 2.45) is 11.7 Å². The van der Waals surface area contributed by atoms with Crippen molar-refractivity contribution in [1.29, 1.82) is 0 Å². The largest absolute Gasteiger partial charge is 0.508 e. The molecule has 3 N–H and O–H groups in total. The lowest BCUT2D eigenvalue weighted by Crippen LogP contribution is -2.15. The van der Waals surface area contributed by atoms with Crippen molar-refractivity contribution >= 4 is 0 Å². The Morgan fingerprint density at radius 1 is 1.29 bits per heavy atom. The number of phenolic OH excluding ortho intramolecular Hbond substituents is 1. The van der Waals surface area contributed by atoms with Gasteiger partial charge in [-0.3, -0.25) is 0 Å². The van der Waals surface area contributed by atoms with Gasteiger partial charge in [0.2, 0.25) is 0 Å². The van der Waals surface area contributed by atoms with Crippen molar-refractivity contribution in [3.05, 3.63) is 28.8 Å². The molecule has 1 aromatic carbocycles. The first kappa shape index (κ1) is 9.53. The number of phenols is 1. The number of rotatable bonds is 2. The summed E-state index contributed by atoms with van der Waals surface area (Å²) < 4.78 is 0. The molecule has 0 radical (unpaired) electrons. The molecule has 0 saturated heterocycles. The second-order valence-corrected chi connectivity index (χ2v) is 4.36. The summed E-state index contributed by atoms with van der Waals surface area (Å²) in [5.41, 5.74) is 9.62. The lowest BCUT2D eigenvalue weighted by Gasteiger charge is -2.17. The minimum absolute atomic E-state index is 0.163. The van der Waals surface area contributed by atoms with Gasteiger partial charge in [0.1, 0.15) is 5.75 Å². The molecule has 0 aliphatic heterocycles. The van der Waals surface area contributed by atoms with E-state index in [0.29, 0.717) is 11.7 Å². The highest BCUT2D eigenvalue weighted by atomic mass is 16.3. The van der Waals surface area contributed by atoms with E-state index in [-0.39, 0.29) is 6.04 Å². The fourth-order valence-electron chi connectivity index (χ4n) is 2.17. The zero-order valence-electron chi connectivity index (χ0n) is 8.75. The number of hydrogen-bond acceptors (Lipinski definition) is 2. The van der Waals surface area contributed by atoms with E-state index in [1.807, 2.05) is 13.8 Å². The lowest BCUT2D eigenvalue weighted by atomic mass is 9.93. The van der Waals surface area contributed by atoms with Crippen LogP contribution in [0.3, 0.4) is 0 Å². The summed E-state index contributed by atoms with van der Waals surface area (Å²) in [6, 6.07) is 3.76. The first-order valence-corrected chi connectivity index (χ1v) is 5.15. The van der Waals surface area contributed by atoms with Gasteiger partial charge in [-0.15, -0.1) is 0 Å².